The third-order valence-corrected chi connectivity index (χ3v) is 5.00. The van der Waals surface area contributed by atoms with E-state index in [9.17, 15) is 4.79 Å². The van der Waals surface area contributed by atoms with Gasteiger partial charge in [-0.1, -0.05) is 57.7 Å². The van der Waals surface area contributed by atoms with E-state index in [4.69, 9.17) is 14.2 Å². The maximum absolute atomic E-state index is 12.3. The third kappa shape index (κ3) is 5.03. The molecule has 2 rings (SSSR count). The second-order valence-corrected chi connectivity index (χ2v) is 6.78. The Morgan fingerprint density at radius 3 is 2.81 bits per heavy atom. The summed E-state index contributed by atoms with van der Waals surface area (Å²) in [6, 6.07) is 5.87. The molecule has 0 radical (unpaired) electrons. The molecular weight excluding hydrogens is 328 g/mol. The molecule has 0 aromatic heterocycles. The number of methoxy groups -OCH3 is 1. The van der Waals surface area contributed by atoms with Crippen molar-refractivity contribution in [2.45, 2.75) is 65.4 Å². The third-order valence-electron chi connectivity index (χ3n) is 5.00. The smallest absolute Gasteiger partial charge is 0.347 e. The van der Waals surface area contributed by atoms with Gasteiger partial charge >= 0.3 is 5.97 Å². The standard InChI is InChI=1S/C22H32O4/c1-5-8-10-16(6-2)13-14-17-15-20(22(23)25-7-3)26-21-18(17)11-9-12-19(21)24-4/h9,11-12,14,16,20H,5-8,10,13,15H2,1-4H3/b17-14+. The number of fused-ring (bicyclic) bond motifs is 1. The fourth-order valence-electron chi connectivity index (χ4n) is 3.39. The minimum Gasteiger partial charge on any atom is -0.493 e. The van der Waals surface area contributed by atoms with Crippen molar-refractivity contribution in [3.8, 4) is 11.5 Å². The van der Waals surface area contributed by atoms with Gasteiger partial charge in [-0.05, 0) is 30.9 Å². The lowest BCUT2D eigenvalue weighted by Crippen LogP contribution is -2.32. The van der Waals surface area contributed by atoms with E-state index >= 15 is 0 Å². The molecule has 1 aliphatic rings. The molecule has 0 spiro atoms. The number of hydrogen-bond donors (Lipinski definition) is 0. The van der Waals surface area contributed by atoms with Gasteiger partial charge in [-0.2, -0.15) is 0 Å². The Hall–Kier alpha value is -1.97. The molecule has 0 N–H and O–H groups in total. The highest BCUT2D eigenvalue weighted by molar-refractivity contribution is 5.83. The molecule has 144 valence electrons. The van der Waals surface area contributed by atoms with E-state index in [1.54, 1.807) is 7.11 Å². The number of esters is 1. The Morgan fingerprint density at radius 2 is 2.15 bits per heavy atom. The van der Waals surface area contributed by atoms with Crippen LogP contribution in [0.5, 0.6) is 11.5 Å². The molecule has 0 aliphatic carbocycles. The van der Waals surface area contributed by atoms with E-state index in [0.29, 0.717) is 30.4 Å². The molecule has 0 saturated carbocycles. The summed E-state index contributed by atoms with van der Waals surface area (Å²) in [7, 11) is 1.62. The summed E-state index contributed by atoms with van der Waals surface area (Å²) < 4.78 is 16.6. The summed E-state index contributed by atoms with van der Waals surface area (Å²) in [5.74, 6) is 1.67. The topological polar surface area (TPSA) is 44.8 Å². The van der Waals surface area contributed by atoms with Crippen molar-refractivity contribution < 1.29 is 19.0 Å². The highest BCUT2D eigenvalue weighted by atomic mass is 16.6. The Morgan fingerprint density at radius 1 is 1.35 bits per heavy atom. The van der Waals surface area contributed by atoms with Gasteiger partial charge in [-0.15, -0.1) is 0 Å². The lowest BCUT2D eigenvalue weighted by atomic mass is 9.90. The van der Waals surface area contributed by atoms with Crippen molar-refractivity contribution in [2.75, 3.05) is 13.7 Å². The second kappa shape index (κ2) is 10.2. The Labute approximate surface area is 157 Å². The van der Waals surface area contributed by atoms with Crippen LogP contribution in [-0.2, 0) is 9.53 Å². The van der Waals surface area contributed by atoms with Crippen LogP contribution in [-0.4, -0.2) is 25.8 Å². The number of benzene rings is 1. The average molecular weight is 360 g/mol. The number of carbonyl (C=O) groups excluding carboxylic acids is 1. The van der Waals surface area contributed by atoms with E-state index in [-0.39, 0.29) is 5.97 Å². The van der Waals surface area contributed by atoms with E-state index < -0.39 is 6.10 Å². The first-order chi connectivity index (χ1) is 12.6. The minimum atomic E-state index is -0.610. The van der Waals surface area contributed by atoms with Gasteiger partial charge in [0.15, 0.2) is 17.6 Å². The van der Waals surface area contributed by atoms with Crippen LogP contribution >= 0.6 is 0 Å². The van der Waals surface area contributed by atoms with Gasteiger partial charge in [0, 0.05) is 12.0 Å². The van der Waals surface area contributed by atoms with Crippen LogP contribution in [0.15, 0.2) is 24.3 Å². The second-order valence-electron chi connectivity index (χ2n) is 6.78. The van der Waals surface area contributed by atoms with Crippen molar-refractivity contribution in [1.29, 1.82) is 0 Å². The zero-order valence-corrected chi connectivity index (χ0v) is 16.5. The van der Waals surface area contributed by atoms with Crippen LogP contribution in [0.25, 0.3) is 5.57 Å². The monoisotopic (exact) mass is 360 g/mol. The van der Waals surface area contributed by atoms with Gasteiger partial charge in [-0.25, -0.2) is 4.79 Å². The number of rotatable bonds is 9. The molecular formula is C22H32O4. The first-order valence-corrected chi connectivity index (χ1v) is 9.84. The SMILES string of the molecule is CCCCC(CC)C/C=C1\CC(C(=O)OCC)Oc2c(OC)cccc21. The number of hydrogen-bond acceptors (Lipinski definition) is 4. The molecule has 4 nitrogen and oxygen atoms in total. The normalized spacial score (nSPS) is 18.8. The van der Waals surface area contributed by atoms with Gasteiger partial charge in [0.1, 0.15) is 0 Å². The van der Waals surface area contributed by atoms with Gasteiger partial charge in [0.2, 0.25) is 0 Å². The highest BCUT2D eigenvalue weighted by Gasteiger charge is 2.32. The largest absolute Gasteiger partial charge is 0.493 e. The molecule has 0 fully saturated rings. The molecule has 0 saturated heterocycles. The van der Waals surface area contributed by atoms with E-state index in [1.165, 1.54) is 25.7 Å². The molecule has 1 aromatic carbocycles. The highest BCUT2D eigenvalue weighted by Crippen LogP contribution is 2.42. The summed E-state index contributed by atoms with van der Waals surface area (Å²) in [5, 5.41) is 0. The fraction of sp³-hybridized carbons (Fsp3) is 0.591. The van der Waals surface area contributed by atoms with Crippen molar-refractivity contribution in [3.05, 3.63) is 29.8 Å². The lowest BCUT2D eigenvalue weighted by molar-refractivity contribution is -0.151. The van der Waals surface area contributed by atoms with Crippen LogP contribution in [0.4, 0.5) is 0 Å². The van der Waals surface area contributed by atoms with Gasteiger partial charge in [-0.3, -0.25) is 0 Å². The zero-order valence-electron chi connectivity index (χ0n) is 16.5. The Balaban J connectivity index is 2.28. The van der Waals surface area contributed by atoms with E-state index in [1.807, 2.05) is 25.1 Å². The maximum atomic E-state index is 12.3. The Kier molecular flexibility index (Phi) is 8.02. The molecule has 1 heterocycles. The molecule has 2 unspecified atom stereocenters. The van der Waals surface area contributed by atoms with Crippen molar-refractivity contribution >= 4 is 11.5 Å². The van der Waals surface area contributed by atoms with Crippen LogP contribution in [0.1, 0.15) is 64.9 Å². The zero-order chi connectivity index (χ0) is 18.9. The van der Waals surface area contributed by atoms with Crippen molar-refractivity contribution in [3.63, 3.8) is 0 Å². The summed E-state index contributed by atoms with van der Waals surface area (Å²) in [6.45, 7) is 6.65. The molecule has 1 aromatic rings. The number of unbranched alkanes of at least 4 members (excludes halogenated alkanes) is 1. The quantitative estimate of drug-likeness (QED) is 0.553. The van der Waals surface area contributed by atoms with Gasteiger partial charge in [0.25, 0.3) is 0 Å². The molecule has 0 amide bonds. The molecule has 1 aliphatic heterocycles. The summed E-state index contributed by atoms with van der Waals surface area (Å²) in [6.07, 6.45) is 8.16. The minimum absolute atomic E-state index is 0.312. The summed E-state index contributed by atoms with van der Waals surface area (Å²) >= 11 is 0. The first-order valence-electron chi connectivity index (χ1n) is 9.84. The van der Waals surface area contributed by atoms with E-state index in [0.717, 1.165) is 17.6 Å². The van der Waals surface area contributed by atoms with Crippen LogP contribution in [0.3, 0.4) is 0 Å². The fourth-order valence-corrected chi connectivity index (χ4v) is 3.39. The van der Waals surface area contributed by atoms with E-state index in [2.05, 4.69) is 19.9 Å². The Bertz CT molecular complexity index is 621. The predicted molar refractivity (Wildman–Crippen MR) is 105 cm³/mol. The lowest BCUT2D eigenvalue weighted by Gasteiger charge is -2.28. The average Bonchev–Trinajstić information content (AvgIpc) is 2.67. The van der Waals surface area contributed by atoms with Crippen LogP contribution in [0.2, 0.25) is 0 Å². The van der Waals surface area contributed by atoms with Crippen molar-refractivity contribution in [2.24, 2.45) is 5.92 Å². The maximum Gasteiger partial charge on any atom is 0.347 e. The number of allylic oxidation sites excluding steroid dienone is 1. The molecule has 4 heteroatoms. The number of para-hydroxylation sites is 1. The van der Waals surface area contributed by atoms with Crippen molar-refractivity contribution in [1.82, 2.24) is 0 Å². The van der Waals surface area contributed by atoms with Crippen LogP contribution in [0, 0.1) is 5.92 Å². The molecule has 26 heavy (non-hydrogen) atoms. The van der Waals surface area contributed by atoms with Crippen LogP contribution < -0.4 is 9.47 Å². The molecule has 2 atom stereocenters. The molecule has 0 bridgehead atoms. The van der Waals surface area contributed by atoms with Gasteiger partial charge in [0.05, 0.1) is 13.7 Å². The number of carbonyl (C=O) groups is 1. The number of ether oxygens (including phenoxy) is 3. The summed E-state index contributed by atoms with van der Waals surface area (Å²) in [4.78, 5) is 12.3. The first kappa shape index (κ1) is 20.3. The summed E-state index contributed by atoms with van der Waals surface area (Å²) in [5.41, 5.74) is 2.17. The van der Waals surface area contributed by atoms with Gasteiger partial charge < -0.3 is 14.2 Å². The predicted octanol–water partition coefficient (Wildman–Crippen LogP) is 5.40.